The van der Waals surface area contributed by atoms with E-state index in [9.17, 15) is 0 Å². The van der Waals surface area contributed by atoms with E-state index in [4.69, 9.17) is 16.0 Å². The molecular weight excluding hydrogens is 120 g/mol. The second kappa shape index (κ2) is 2.25. The Bertz CT molecular complexity index is 126. The fourth-order valence-corrected chi connectivity index (χ4v) is 0.740. The van der Waals surface area contributed by atoms with Gasteiger partial charge in [0, 0.05) is 0 Å². The van der Waals surface area contributed by atoms with Gasteiger partial charge in [-0.2, -0.15) is 0 Å². The summed E-state index contributed by atoms with van der Waals surface area (Å²) in [6.45, 7) is 2.55. The van der Waals surface area contributed by atoms with Crippen molar-refractivity contribution in [3.05, 3.63) is 0 Å². The molecule has 0 aliphatic carbocycles. The number of aliphatic hydroxyl groups is 1. The molecule has 0 bridgehead atoms. The molecule has 0 aromatic rings. The number of rotatable bonds is 1. The van der Waals surface area contributed by atoms with Crippen LogP contribution in [0.25, 0.3) is 0 Å². The molecule has 3 nitrogen and oxygen atoms in total. The van der Waals surface area contributed by atoms with Gasteiger partial charge in [-0.3, -0.25) is 0 Å². The molecule has 1 N–H and O–H groups in total. The first-order valence-electron chi connectivity index (χ1n) is 3.51. The Labute approximate surface area is 56.0 Å². The molecule has 0 saturated carbocycles. The van der Waals surface area contributed by atoms with Crippen LogP contribution in [0, 0.1) is 0 Å². The monoisotopic (exact) mass is 133 g/mol. The zero-order chi connectivity index (χ0) is 7.78. The molecule has 0 spiro atoms. The van der Waals surface area contributed by atoms with Crippen LogP contribution in [0.2, 0.25) is 0 Å². The summed E-state index contributed by atoms with van der Waals surface area (Å²) in [6, 6.07) is 0. The van der Waals surface area contributed by atoms with Crippen molar-refractivity contribution in [2.24, 2.45) is 0 Å². The maximum atomic E-state index is 8.64. The normalized spacial score (nSPS) is 42.8. The van der Waals surface area contributed by atoms with E-state index >= 15 is 0 Å². The minimum absolute atomic E-state index is 0.155. The Morgan fingerprint density at radius 1 is 1.89 bits per heavy atom. The second-order valence-corrected chi connectivity index (χ2v) is 2.49. The quantitative estimate of drug-likeness (QED) is 0.552. The Morgan fingerprint density at radius 3 is 2.78 bits per heavy atom. The van der Waals surface area contributed by atoms with Crippen LogP contribution in [0.5, 0.6) is 0 Å². The van der Waals surface area contributed by atoms with E-state index in [0.717, 1.165) is 0 Å². The van der Waals surface area contributed by atoms with Crippen molar-refractivity contribution in [2.75, 3.05) is 13.2 Å². The molecule has 0 aromatic heterocycles. The summed E-state index contributed by atoms with van der Waals surface area (Å²) in [6.07, 6.45) is -0.491. The largest absolute Gasteiger partial charge is 0.394 e. The second-order valence-electron chi connectivity index (χ2n) is 2.49. The van der Waals surface area contributed by atoms with Crippen LogP contribution < -0.4 is 0 Å². The molecule has 0 radical (unpaired) electrons. The van der Waals surface area contributed by atoms with Crippen LogP contribution in [0.1, 0.15) is 15.2 Å². The molecule has 0 amide bonds. The molecule has 0 aromatic carbocycles. The van der Waals surface area contributed by atoms with E-state index in [1.807, 2.05) is 0 Å². The molecule has 1 fully saturated rings. The van der Waals surface area contributed by atoms with E-state index in [1.165, 1.54) is 0 Å². The molecule has 1 saturated heterocycles. The van der Waals surface area contributed by atoms with Crippen molar-refractivity contribution < 1.29 is 16.0 Å². The van der Waals surface area contributed by atoms with Crippen LogP contribution in [0.4, 0.5) is 0 Å². The number of hydrogen-bond donors (Lipinski definition) is 1. The van der Waals surface area contributed by atoms with Crippen LogP contribution in [0.15, 0.2) is 0 Å². The zero-order valence-electron chi connectivity index (χ0n) is 6.63. The summed E-state index contributed by atoms with van der Waals surface area (Å²) in [5.41, 5.74) is 0. The highest BCUT2D eigenvalue weighted by molar-refractivity contribution is 4.69. The molecule has 2 atom stereocenters. The summed E-state index contributed by atoms with van der Waals surface area (Å²) >= 11 is 0. The minimum atomic E-state index is -0.750. The van der Waals surface area contributed by atoms with E-state index < -0.39 is 18.5 Å². The van der Waals surface area contributed by atoms with Gasteiger partial charge in [-0.05, 0) is 13.8 Å². The van der Waals surface area contributed by atoms with Crippen molar-refractivity contribution in [3.63, 3.8) is 0 Å². The van der Waals surface area contributed by atoms with Gasteiger partial charge in [-0.1, -0.05) is 0 Å². The van der Waals surface area contributed by atoms with Gasteiger partial charge in [0.05, 0.1) is 14.6 Å². The highest BCUT2D eigenvalue weighted by Gasteiger charge is 2.31. The summed E-state index contributed by atoms with van der Waals surface area (Å²) in [5, 5.41) is 8.64. The van der Waals surface area contributed by atoms with Crippen molar-refractivity contribution in [1.82, 2.24) is 0 Å². The third-order valence-corrected chi connectivity index (χ3v) is 1.12. The standard InChI is InChI=1S/C6H12O3/c1-6(2)8-4-5(3-7)9-6/h5,7H,3-4H2,1-2H3/t5-/m0/s1/i4D/t4-,5-. The maximum Gasteiger partial charge on any atom is 0.163 e. The van der Waals surface area contributed by atoms with Crippen LogP contribution >= 0.6 is 0 Å². The van der Waals surface area contributed by atoms with Gasteiger partial charge in [0.2, 0.25) is 0 Å². The van der Waals surface area contributed by atoms with E-state index in [0.29, 0.717) is 0 Å². The van der Waals surface area contributed by atoms with Crippen LogP contribution in [-0.2, 0) is 9.47 Å². The number of aliphatic hydroxyl groups excluding tert-OH is 1. The molecule has 1 heterocycles. The zero-order valence-corrected chi connectivity index (χ0v) is 5.63. The first-order valence-corrected chi connectivity index (χ1v) is 2.94. The average Bonchev–Trinajstić information content (AvgIpc) is 2.05. The predicted molar refractivity (Wildman–Crippen MR) is 32.0 cm³/mol. The highest BCUT2D eigenvalue weighted by atomic mass is 16.7. The first kappa shape index (κ1) is 5.65. The number of ether oxygens (including phenoxy) is 2. The molecule has 9 heavy (non-hydrogen) atoms. The van der Waals surface area contributed by atoms with Crippen molar-refractivity contribution >= 4 is 0 Å². The van der Waals surface area contributed by atoms with Crippen LogP contribution in [-0.4, -0.2) is 30.2 Å². The van der Waals surface area contributed by atoms with Gasteiger partial charge in [0.15, 0.2) is 5.79 Å². The molecule has 1 rings (SSSR count). The lowest BCUT2D eigenvalue weighted by Gasteiger charge is -2.15. The Balaban J connectivity index is 2.52. The third kappa shape index (κ3) is 1.64. The Morgan fingerprint density at radius 2 is 2.56 bits per heavy atom. The van der Waals surface area contributed by atoms with E-state index in [2.05, 4.69) is 0 Å². The lowest BCUT2D eigenvalue weighted by atomic mass is 10.4. The van der Waals surface area contributed by atoms with Crippen molar-refractivity contribution in [1.29, 1.82) is 0 Å². The Kier molecular flexibility index (Phi) is 1.41. The number of hydrogen-bond acceptors (Lipinski definition) is 3. The lowest BCUT2D eigenvalue weighted by Crippen LogP contribution is -2.22. The fraction of sp³-hybridized carbons (Fsp3) is 1.00. The third-order valence-electron chi connectivity index (χ3n) is 1.12. The van der Waals surface area contributed by atoms with Crippen molar-refractivity contribution in [3.8, 4) is 0 Å². The molecule has 0 unspecified atom stereocenters. The van der Waals surface area contributed by atoms with Crippen LogP contribution in [0.3, 0.4) is 0 Å². The molecule has 54 valence electrons. The van der Waals surface area contributed by atoms with E-state index in [1.54, 1.807) is 13.8 Å². The van der Waals surface area contributed by atoms with Gasteiger partial charge in [0.25, 0.3) is 0 Å². The van der Waals surface area contributed by atoms with Gasteiger partial charge < -0.3 is 14.6 Å². The SMILES string of the molecule is [2H][C@@H]1OC(C)(C)O[C@H]1CO. The summed E-state index contributed by atoms with van der Waals surface area (Å²) < 4.78 is 17.4. The smallest absolute Gasteiger partial charge is 0.163 e. The lowest BCUT2D eigenvalue weighted by molar-refractivity contribution is -0.142. The highest BCUT2D eigenvalue weighted by Crippen LogP contribution is 2.21. The fourth-order valence-electron chi connectivity index (χ4n) is 0.740. The first-order chi connectivity index (χ1) is 4.55. The predicted octanol–water partition coefficient (Wildman–Crippen LogP) is 0.130. The van der Waals surface area contributed by atoms with Gasteiger partial charge in [0.1, 0.15) is 6.10 Å². The van der Waals surface area contributed by atoms with Crippen molar-refractivity contribution in [2.45, 2.75) is 25.7 Å². The molecule has 3 heteroatoms. The average molecular weight is 133 g/mol. The molecule has 1 aliphatic rings. The van der Waals surface area contributed by atoms with Gasteiger partial charge >= 0.3 is 0 Å². The van der Waals surface area contributed by atoms with E-state index in [-0.39, 0.29) is 6.61 Å². The molecular formula is C6H12O3. The van der Waals surface area contributed by atoms with Gasteiger partial charge in [-0.25, -0.2) is 0 Å². The van der Waals surface area contributed by atoms with Gasteiger partial charge in [-0.15, -0.1) is 0 Å². The maximum absolute atomic E-state index is 8.64. The Hall–Kier alpha value is -0.120. The summed E-state index contributed by atoms with van der Waals surface area (Å²) in [4.78, 5) is 0. The molecule has 1 aliphatic heterocycles. The summed E-state index contributed by atoms with van der Waals surface area (Å²) in [7, 11) is 0. The topological polar surface area (TPSA) is 38.7 Å². The minimum Gasteiger partial charge on any atom is -0.394 e. The summed E-state index contributed by atoms with van der Waals surface area (Å²) in [5.74, 6) is -0.709.